The van der Waals surface area contributed by atoms with Crippen molar-refractivity contribution in [3.05, 3.63) is 48.3 Å². The molecule has 5 nitrogen and oxygen atoms in total. The summed E-state index contributed by atoms with van der Waals surface area (Å²) in [4.78, 5) is 11.6. The van der Waals surface area contributed by atoms with Crippen LogP contribution in [-0.2, 0) is 0 Å². The number of aromatic nitrogens is 2. The Hall–Kier alpha value is -1.50. The molecule has 9 heteroatoms. The van der Waals surface area contributed by atoms with Crippen LogP contribution in [0.5, 0.6) is 5.75 Å². The van der Waals surface area contributed by atoms with Crippen molar-refractivity contribution in [1.82, 2.24) is 15.3 Å². The fraction of sp³-hybridized carbons (Fsp3) is 0.300. The molecule has 0 aliphatic carbocycles. The maximum Gasteiger partial charge on any atom is 0.129 e. The summed E-state index contributed by atoms with van der Waals surface area (Å²) in [6, 6.07) is 12.4. The lowest BCUT2D eigenvalue weighted by Gasteiger charge is -2.28. The Labute approximate surface area is 196 Å². The van der Waals surface area contributed by atoms with Crippen LogP contribution >= 0.6 is 49.6 Å². The van der Waals surface area contributed by atoms with Crippen molar-refractivity contribution >= 4 is 66.3 Å². The summed E-state index contributed by atoms with van der Waals surface area (Å²) < 4.78 is 5.41. The molecule has 0 atom stereocenters. The Kier molecular flexibility index (Phi) is 11.6. The maximum absolute atomic E-state index is 5.41. The Morgan fingerprint density at radius 1 is 0.966 bits per heavy atom. The molecule has 1 aromatic carbocycles. The quantitative estimate of drug-likeness (QED) is 0.589. The monoisotopic (exact) mass is 478 g/mol. The second kappa shape index (κ2) is 12.3. The van der Waals surface area contributed by atoms with E-state index in [-0.39, 0.29) is 49.6 Å². The highest BCUT2D eigenvalue weighted by molar-refractivity contribution is 5.96. The van der Waals surface area contributed by atoms with Crippen LogP contribution in [0.4, 0.5) is 5.82 Å². The molecule has 0 unspecified atom stereocenters. The van der Waals surface area contributed by atoms with Crippen LogP contribution < -0.4 is 15.0 Å². The standard InChI is InChI=1S/C20H22N4O.4ClH/c1-14-11-17(18-13-16(25-2)3-4-19(18)23-14)15-5-6-22-20(12-15)24-9-7-21-8-10-24;;;;/h3-6,11-13,21H,7-10H2,1-2H3;4*1H. The van der Waals surface area contributed by atoms with E-state index in [4.69, 9.17) is 4.74 Å². The first kappa shape index (κ1) is 27.5. The van der Waals surface area contributed by atoms with Crippen molar-refractivity contribution in [2.75, 3.05) is 38.2 Å². The first-order valence-corrected chi connectivity index (χ1v) is 8.62. The Morgan fingerprint density at radius 2 is 1.69 bits per heavy atom. The van der Waals surface area contributed by atoms with Crippen molar-refractivity contribution < 1.29 is 4.74 Å². The average Bonchev–Trinajstić information content (AvgIpc) is 2.68. The number of methoxy groups -OCH3 is 1. The zero-order chi connectivity index (χ0) is 17.2. The number of rotatable bonds is 3. The van der Waals surface area contributed by atoms with E-state index in [1.807, 2.05) is 25.3 Å². The average molecular weight is 480 g/mol. The molecule has 3 heterocycles. The molecule has 4 rings (SSSR count). The highest BCUT2D eigenvalue weighted by atomic mass is 35.5. The second-order valence-electron chi connectivity index (χ2n) is 6.33. The lowest BCUT2D eigenvalue weighted by Crippen LogP contribution is -2.43. The van der Waals surface area contributed by atoms with Gasteiger partial charge in [0.15, 0.2) is 0 Å². The largest absolute Gasteiger partial charge is 0.497 e. The number of hydrogen-bond donors (Lipinski definition) is 1. The zero-order valence-electron chi connectivity index (χ0n) is 16.3. The Bertz CT molecular complexity index is 920. The number of piperazine rings is 1. The summed E-state index contributed by atoms with van der Waals surface area (Å²) in [7, 11) is 1.69. The number of halogens is 4. The molecule has 1 saturated heterocycles. The van der Waals surface area contributed by atoms with Gasteiger partial charge in [0.05, 0.1) is 12.6 Å². The lowest BCUT2D eigenvalue weighted by molar-refractivity contribution is 0.415. The molecule has 0 bridgehead atoms. The van der Waals surface area contributed by atoms with Gasteiger partial charge in [0.25, 0.3) is 0 Å². The number of pyridine rings is 2. The van der Waals surface area contributed by atoms with Crippen LogP contribution in [0.3, 0.4) is 0 Å². The van der Waals surface area contributed by atoms with E-state index in [2.05, 4.69) is 44.5 Å². The van der Waals surface area contributed by atoms with Gasteiger partial charge in [-0.2, -0.15) is 0 Å². The maximum atomic E-state index is 5.41. The number of aryl methyl sites for hydroxylation is 1. The third-order valence-corrected chi connectivity index (χ3v) is 4.64. The van der Waals surface area contributed by atoms with Gasteiger partial charge in [-0.05, 0) is 54.4 Å². The van der Waals surface area contributed by atoms with E-state index in [9.17, 15) is 0 Å². The number of hydrogen-bond acceptors (Lipinski definition) is 5. The molecule has 0 spiro atoms. The lowest BCUT2D eigenvalue weighted by atomic mass is 10.0. The van der Waals surface area contributed by atoms with E-state index < -0.39 is 0 Å². The molecule has 1 N–H and O–H groups in total. The van der Waals surface area contributed by atoms with E-state index in [0.717, 1.165) is 59.9 Å². The minimum absolute atomic E-state index is 0. The number of fused-ring (bicyclic) bond motifs is 1. The third kappa shape index (κ3) is 6.00. The smallest absolute Gasteiger partial charge is 0.129 e. The number of ether oxygens (including phenoxy) is 1. The molecule has 1 aliphatic rings. The summed E-state index contributed by atoms with van der Waals surface area (Å²) in [5.41, 5.74) is 4.32. The van der Waals surface area contributed by atoms with E-state index >= 15 is 0 Å². The van der Waals surface area contributed by atoms with Crippen molar-refractivity contribution in [3.8, 4) is 16.9 Å². The molecule has 0 saturated carbocycles. The summed E-state index contributed by atoms with van der Waals surface area (Å²) in [5, 5.41) is 4.48. The molecule has 0 amide bonds. The first-order valence-electron chi connectivity index (χ1n) is 8.62. The molecule has 3 aromatic rings. The topological polar surface area (TPSA) is 50.3 Å². The summed E-state index contributed by atoms with van der Waals surface area (Å²) in [6.45, 7) is 6.01. The van der Waals surface area contributed by atoms with Gasteiger partial charge in [-0.25, -0.2) is 4.98 Å². The fourth-order valence-electron chi connectivity index (χ4n) is 3.36. The van der Waals surface area contributed by atoms with Gasteiger partial charge in [-0.1, -0.05) is 0 Å². The zero-order valence-corrected chi connectivity index (χ0v) is 19.5. The van der Waals surface area contributed by atoms with Crippen LogP contribution in [0.1, 0.15) is 5.69 Å². The molecular weight excluding hydrogens is 454 g/mol. The number of anilines is 1. The van der Waals surface area contributed by atoms with Crippen molar-refractivity contribution in [2.24, 2.45) is 0 Å². The molecule has 1 fully saturated rings. The molecule has 160 valence electrons. The van der Waals surface area contributed by atoms with E-state index in [1.165, 1.54) is 5.56 Å². The highest BCUT2D eigenvalue weighted by Gasteiger charge is 2.14. The predicted molar refractivity (Wildman–Crippen MR) is 130 cm³/mol. The highest BCUT2D eigenvalue weighted by Crippen LogP contribution is 2.32. The van der Waals surface area contributed by atoms with Gasteiger partial charge in [0.2, 0.25) is 0 Å². The third-order valence-electron chi connectivity index (χ3n) is 4.64. The van der Waals surface area contributed by atoms with Crippen LogP contribution in [0.2, 0.25) is 0 Å². The van der Waals surface area contributed by atoms with Gasteiger partial charge in [-0.3, -0.25) is 4.98 Å². The normalized spacial score (nSPS) is 12.7. The Morgan fingerprint density at radius 3 is 2.38 bits per heavy atom. The van der Waals surface area contributed by atoms with Gasteiger partial charge in [0.1, 0.15) is 11.6 Å². The van der Waals surface area contributed by atoms with Crippen LogP contribution in [-0.4, -0.2) is 43.3 Å². The minimum Gasteiger partial charge on any atom is -0.497 e. The summed E-state index contributed by atoms with van der Waals surface area (Å²) >= 11 is 0. The molecule has 1 aliphatic heterocycles. The molecule has 0 radical (unpaired) electrons. The van der Waals surface area contributed by atoms with Crippen molar-refractivity contribution in [1.29, 1.82) is 0 Å². The SMILES string of the molecule is COc1ccc2nc(C)cc(-c3ccnc(N4CCNCC4)c3)c2c1.Cl.Cl.Cl.Cl. The van der Waals surface area contributed by atoms with Gasteiger partial charge in [-0.15, -0.1) is 49.6 Å². The van der Waals surface area contributed by atoms with E-state index in [0.29, 0.717) is 0 Å². The second-order valence-corrected chi connectivity index (χ2v) is 6.33. The van der Waals surface area contributed by atoms with Crippen molar-refractivity contribution in [2.45, 2.75) is 6.92 Å². The first-order chi connectivity index (χ1) is 12.2. The van der Waals surface area contributed by atoms with Gasteiger partial charge >= 0.3 is 0 Å². The Balaban J connectivity index is 0.00000196. The van der Waals surface area contributed by atoms with Crippen LogP contribution in [0.15, 0.2) is 42.6 Å². The fourth-order valence-corrected chi connectivity index (χ4v) is 3.36. The number of nitrogens with one attached hydrogen (secondary N) is 1. The summed E-state index contributed by atoms with van der Waals surface area (Å²) in [6.07, 6.45) is 1.90. The van der Waals surface area contributed by atoms with Crippen molar-refractivity contribution in [3.63, 3.8) is 0 Å². The van der Waals surface area contributed by atoms with Gasteiger partial charge < -0.3 is 15.0 Å². The molecule has 2 aromatic heterocycles. The molecule has 29 heavy (non-hydrogen) atoms. The number of benzene rings is 1. The predicted octanol–water partition coefficient (Wildman–Crippen LogP) is 4.71. The van der Waals surface area contributed by atoms with Crippen LogP contribution in [0.25, 0.3) is 22.0 Å². The minimum atomic E-state index is 0. The molecular formula is C20H26Cl4N4O. The van der Waals surface area contributed by atoms with E-state index in [1.54, 1.807) is 7.11 Å². The number of nitrogens with zero attached hydrogens (tertiary/aromatic N) is 3. The van der Waals surface area contributed by atoms with Crippen LogP contribution in [0, 0.1) is 6.92 Å². The van der Waals surface area contributed by atoms with Gasteiger partial charge in [0, 0.05) is 43.5 Å². The summed E-state index contributed by atoms with van der Waals surface area (Å²) in [5.74, 6) is 1.88.